The van der Waals surface area contributed by atoms with Crippen LogP contribution in [-0.2, 0) is 14.4 Å². The van der Waals surface area contributed by atoms with E-state index in [0.717, 1.165) is 18.2 Å². The molecule has 0 aromatic rings. The van der Waals surface area contributed by atoms with Crippen molar-refractivity contribution in [3.63, 3.8) is 0 Å². The van der Waals surface area contributed by atoms with Crippen molar-refractivity contribution < 1.29 is 19.5 Å². The molecular formula is C16H29BN2O4S. The summed E-state index contributed by atoms with van der Waals surface area (Å²) in [5.41, 5.74) is 4.96. The Labute approximate surface area is 150 Å². The number of carbonyl (C=O) groups excluding carboxylic acids is 2. The number of ketones is 1. The molecule has 3 unspecified atom stereocenters. The van der Waals surface area contributed by atoms with Gasteiger partial charge in [-0.1, -0.05) is 41.0 Å². The van der Waals surface area contributed by atoms with Gasteiger partial charge in [-0.15, -0.1) is 0 Å². The summed E-state index contributed by atoms with van der Waals surface area (Å²) in [5, 5.41) is 10.8. The molecule has 1 amide bonds. The van der Waals surface area contributed by atoms with Gasteiger partial charge in [0, 0.05) is 12.0 Å². The molecule has 4 N–H and O–H groups in total. The fourth-order valence-electron chi connectivity index (χ4n) is 2.25. The number of nitrogens with two attached hydrogens (primary N) is 1. The summed E-state index contributed by atoms with van der Waals surface area (Å²) in [6, 6.07) is -0.843. The largest absolute Gasteiger partial charge is 0.481 e. The monoisotopic (exact) mass is 356 g/mol. The molecule has 136 valence electrons. The Bertz CT molecular complexity index is 463. The van der Waals surface area contributed by atoms with Crippen LogP contribution in [0.2, 0.25) is 0 Å². The molecule has 0 fully saturated rings. The summed E-state index contributed by atoms with van der Waals surface area (Å²) in [4.78, 5) is 35.9. The normalized spacial score (nSPS) is 16.8. The second-order valence-corrected chi connectivity index (χ2v) is 8.92. The molecule has 2 radical (unpaired) electrons. The van der Waals surface area contributed by atoms with Crippen LogP contribution in [0.1, 0.15) is 53.9 Å². The highest BCUT2D eigenvalue weighted by Gasteiger charge is 2.34. The Morgan fingerprint density at radius 3 is 2.17 bits per heavy atom. The number of Topliss-reactive ketones (excluding diaryl/α,β-unsaturated/α-hetero) is 1. The van der Waals surface area contributed by atoms with Gasteiger partial charge in [-0.05, 0) is 11.1 Å². The summed E-state index contributed by atoms with van der Waals surface area (Å²) >= 11 is 1.11. The van der Waals surface area contributed by atoms with Crippen molar-refractivity contribution in [2.45, 2.75) is 69.8 Å². The number of rotatable bonds is 10. The molecule has 0 aliphatic carbocycles. The van der Waals surface area contributed by atoms with E-state index in [0.29, 0.717) is 6.42 Å². The minimum Gasteiger partial charge on any atom is -0.481 e. The van der Waals surface area contributed by atoms with Gasteiger partial charge >= 0.3 is 5.97 Å². The standard InChI is InChI=1S/C16H29BN2O4S/c1-6-7-16(5,17)24-11(8-12(20)21)14(23)19-10(9-18)13(22)15(2,3)4/h10-11H,6-9,18H2,1-5H3,(H,19,23)(H,20,21). The van der Waals surface area contributed by atoms with E-state index in [-0.39, 0.29) is 18.7 Å². The number of amides is 1. The first-order valence-corrected chi connectivity index (χ1v) is 8.95. The van der Waals surface area contributed by atoms with Crippen LogP contribution < -0.4 is 11.1 Å². The lowest BCUT2D eigenvalue weighted by atomic mass is 9.84. The van der Waals surface area contributed by atoms with E-state index in [9.17, 15) is 14.4 Å². The molecule has 8 heteroatoms. The predicted molar refractivity (Wildman–Crippen MR) is 98.1 cm³/mol. The topological polar surface area (TPSA) is 109 Å². The SMILES string of the molecule is [B]C(C)(CCC)SC(CC(=O)O)C(=O)NC(CN)C(=O)C(C)(C)C. The second kappa shape index (κ2) is 9.46. The van der Waals surface area contributed by atoms with Crippen molar-refractivity contribution in [3.8, 4) is 0 Å². The number of carboxylic acid groups (broad SMARTS) is 1. The molecule has 0 bridgehead atoms. The summed E-state index contributed by atoms with van der Waals surface area (Å²) in [6.07, 6.45) is 1.09. The fourth-order valence-corrected chi connectivity index (χ4v) is 3.62. The lowest BCUT2D eigenvalue weighted by molar-refractivity contribution is -0.138. The van der Waals surface area contributed by atoms with Crippen molar-refractivity contribution in [3.05, 3.63) is 0 Å². The molecule has 0 aromatic carbocycles. The Morgan fingerprint density at radius 2 is 1.79 bits per heavy atom. The van der Waals surface area contributed by atoms with E-state index in [2.05, 4.69) is 5.32 Å². The molecule has 0 heterocycles. The van der Waals surface area contributed by atoms with E-state index >= 15 is 0 Å². The summed E-state index contributed by atoms with van der Waals surface area (Å²) in [6.45, 7) is 8.92. The van der Waals surface area contributed by atoms with Crippen LogP contribution in [0.5, 0.6) is 0 Å². The Morgan fingerprint density at radius 1 is 1.25 bits per heavy atom. The highest BCUT2D eigenvalue weighted by molar-refractivity contribution is 8.03. The molecular weight excluding hydrogens is 327 g/mol. The maximum Gasteiger partial charge on any atom is 0.305 e. The number of hydrogen-bond donors (Lipinski definition) is 3. The molecule has 24 heavy (non-hydrogen) atoms. The molecule has 6 nitrogen and oxygen atoms in total. The molecule has 0 spiro atoms. The van der Waals surface area contributed by atoms with Crippen LogP contribution in [0.15, 0.2) is 0 Å². The molecule has 0 saturated carbocycles. The minimum absolute atomic E-state index is 0.0405. The second-order valence-electron chi connectivity index (χ2n) is 7.18. The average molecular weight is 356 g/mol. The Balaban J connectivity index is 5.17. The highest BCUT2D eigenvalue weighted by atomic mass is 32.2. The van der Waals surface area contributed by atoms with Crippen LogP contribution in [-0.4, -0.2) is 53.1 Å². The molecule has 0 aliphatic rings. The van der Waals surface area contributed by atoms with Gasteiger partial charge < -0.3 is 16.2 Å². The smallest absolute Gasteiger partial charge is 0.305 e. The first-order valence-electron chi connectivity index (χ1n) is 8.07. The molecule has 0 rings (SSSR count). The third-order valence-corrected chi connectivity index (χ3v) is 4.83. The van der Waals surface area contributed by atoms with Crippen LogP contribution in [0.25, 0.3) is 0 Å². The summed E-state index contributed by atoms with van der Waals surface area (Å²) in [7, 11) is 6.13. The van der Waals surface area contributed by atoms with Gasteiger partial charge in [0.2, 0.25) is 5.91 Å². The van der Waals surface area contributed by atoms with E-state index in [4.69, 9.17) is 18.7 Å². The van der Waals surface area contributed by atoms with Gasteiger partial charge in [0.15, 0.2) is 5.78 Å². The van der Waals surface area contributed by atoms with Crippen molar-refractivity contribution >= 4 is 37.3 Å². The van der Waals surface area contributed by atoms with Crippen molar-refractivity contribution in [2.75, 3.05) is 6.54 Å². The number of thioether (sulfide) groups is 1. The summed E-state index contributed by atoms with van der Waals surface area (Å²) < 4.78 is -0.724. The number of carboxylic acids is 1. The lowest BCUT2D eigenvalue weighted by Crippen LogP contribution is -2.52. The first kappa shape index (κ1) is 23.0. The van der Waals surface area contributed by atoms with Crippen LogP contribution in [0.3, 0.4) is 0 Å². The van der Waals surface area contributed by atoms with E-state index in [1.807, 2.05) is 6.92 Å². The first-order chi connectivity index (χ1) is 10.8. The third-order valence-electron chi connectivity index (χ3n) is 3.42. The Hall–Kier alpha value is -1.02. The third kappa shape index (κ3) is 8.19. The number of nitrogens with one attached hydrogen (secondary N) is 1. The van der Waals surface area contributed by atoms with Gasteiger partial charge in [-0.25, -0.2) is 0 Å². The van der Waals surface area contributed by atoms with E-state index in [1.54, 1.807) is 27.7 Å². The van der Waals surface area contributed by atoms with E-state index in [1.165, 1.54) is 0 Å². The van der Waals surface area contributed by atoms with Crippen molar-refractivity contribution in [1.29, 1.82) is 0 Å². The number of aliphatic carboxylic acids is 1. The van der Waals surface area contributed by atoms with Gasteiger partial charge in [-0.3, -0.25) is 14.4 Å². The van der Waals surface area contributed by atoms with Crippen molar-refractivity contribution in [2.24, 2.45) is 11.1 Å². The van der Waals surface area contributed by atoms with Crippen LogP contribution in [0, 0.1) is 5.41 Å². The zero-order chi connectivity index (χ0) is 19.1. The lowest BCUT2D eigenvalue weighted by Gasteiger charge is -2.30. The summed E-state index contributed by atoms with van der Waals surface area (Å²) in [5.74, 6) is -1.81. The maximum absolute atomic E-state index is 12.5. The Kier molecular flexibility index (Phi) is 9.06. The average Bonchev–Trinajstić information content (AvgIpc) is 2.41. The van der Waals surface area contributed by atoms with Gasteiger partial charge in [0.05, 0.1) is 19.5 Å². The number of carbonyl (C=O) groups is 3. The fraction of sp³-hybridized carbons (Fsp3) is 0.812. The van der Waals surface area contributed by atoms with E-state index < -0.39 is 33.2 Å². The van der Waals surface area contributed by atoms with Crippen LogP contribution in [0.4, 0.5) is 0 Å². The minimum atomic E-state index is -1.10. The highest BCUT2D eigenvalue weighted by Crippen LogP contribution is 2.32. The molecule has 3 atom stereocenters. The van der Waals surface area contributed by atoms with Gasteiger partial charge in [0.1, 0.15) is 6.04 Å². The van der Waals surface area contributed by atoms with Gasteiger partial charge in [-0.2, -0.15) is 11.8 Å². The molecule has 0 aromatic heterocycles. The van der Waals surface area contributed by atoms with Gasteiger partial charge in [0.25, 0.3) is 0 Å². The zero-order valence-electron chi connectivity index (χ0n) is 15.2. The van der Waals surface area contributed by atoms with Crippen molar-refractivity contribution in [1.82, 2.24) is 5.32 Å². The van der Waals surface area contributed by atoms with Crippen LogP contribution >= 0.6 is 11.8 Å². The number of hydrogen-bond acceptors (Lipinski definition) is 5. The molecule has 0 aliphatic heterocycles. The zero-order valence-corrected chi connectivity index (χ0v) is 16.0. The quantitative estimate of drug-likeness (QED) is 0.509. The maximum atomic E-state index is 12.5. The molecule has 0 saturated heterocycles. The predicted octanol–water partition coefficient (Wildman–Crippen LogP) is 1.31.